The van der Waals surface area contributed by atoms with Crippen LogP contribution >= 0.6 is 0 Å². The van der Waals surface area contributed by atoms with E-state index in [4.69, 9.17) is 0 Å². The number of benzene rings is 8. The van der Waals surface area contributed by atoms with Crippen LogP contribution in [0.3, 0.4) is 0 Å². The van der Waals surface area contributed by atoms with Gasteiger partial charge in [0.05, 0.1) is 0 Å². The third-order valence-corrected chi connectivity index (χ3v) is 9.52. The fourth-order valence-corrected chi connectivity index (χ4v) is 7.01. The molecule has 45 heavy (non-hydrogen) atoms. The molecule has 0 amide bonds. The van der Waals surface area contributed by atoms with E-state index in [-0.39, 0.29) is 0 Å². The molecule has 1 N–H and O–H groups in total. The zero-order valence-electron chi connectivity index (χ0n) is 24.9. The number of aryl methyl sites for hydroxylation is 2. The van der Waals surface area contributed by atoms with Gasteiger partial charge in [0.25, 0.3) is 0 Å². The Balaban J connectivity index is 1.05. The summed E-state index contributed by atoms with van der Waals surface area (Å²) in [6.07, 6.45) is 2.42. The lowest BCUT2D eigenvalue weighted by molar-refractivity contribution is 0.840. The van der Waals surface area contributed by atoms with Crippen LogP contribution in [0.15, 0.2) is 158 Å². The second kappa shape index (κ2) is 10.5. The molecule has 212 valence electrons. The zero-order valence-corrected chi connectivity index (χ0v) is 24.9. The zero-order chi connectivity index (χ0) is 29.7. The molecule has 0 atom stereocenters. The lowest BCUT2D eigenvalue weighted by Crippen LogP contribution is -2.07. The van der Waals surface area contributed by atoms with Crippen molar-refractivity contribution in [1.82, 2.24) is 0 Å². The molecule has 0 radical (unpaired) electrons. The summed E-state index contributed by atoms with van der Waals surface area (Å²) < 4.78 is 0. The van der Waals surface area contributed by atoms with Gasteiger partial charge in [-0.15, -0.1) is 0 Å². The Hall–Kier alpha value is -5.66. The smallest absolute Gasteiger partial charge is 0.0390 e. The van der Waals surface area contributed by atoms with Gasteiger partial charge in [0.2, 0.25) is 0 Å². The second-order valence-corrected chi connectivity index (χ2v) is 12.2. The summed E-state index contributed by atoms with van der Waals surface area (Å²) in [5.41, 5.74) is 12.6. The highest BCUT2D eigenvalue weighted by atomic mass is 14.9. The molecule has 0 unspecified atom stereocenters. The Morgan fingerprint density at radius 1 is 0.289 bits per heavy atom. The van der Waals surface area contributed by atoms with Gasteiger partial charge >= 0.3 is 0 Å². The predicted molar refractivity (Wildman–Crippen MR) is 192 cm³/mol. The van der Waals surface area contributed by atoms with Gasteiger partial charge in [-0.25, -0.2) is 0 Å². The van der Waals surface area contributed by atoms with E-state index in [2.05, 4.69) is 163 Å². The molecule has 0 spiro atoms. The van der Waals surface area contributed by atoms with Gasteiger partial charge in [0, 0.05) is 11.4 Å². The fourth-order valence-electron chi connectivity index (χ4n) is 7.01. The Morgan fingerprint density at radius 3 is 1.44 bits per heavy atom. The number of hydrogen-bond donors (Lipinski definition) is 1. The second-order valence-electron chi connectivity index (χ2n) is 12.2. The van der Waals surface area contributed by atoms with Crippen molar-refractivity contribution < 1.29 is 0 Å². The van der Waals surface area contributed by atoms with Crippen LogP contribution in [-0.4, -0.2) is 0 Å². The molecule has 0 heterocycles. The van der Waals surface area contributed by atoms with Crippen molar-refractivity contribution in [2.24, 2.45) is 0 Å². The first-order chi connectivity index (χ1) is 22.3. The molecule has 0 bridgehead atoms. The third kappa shape index (κ3) is 4.56. The van der Waals surface area contributed by atoms with Crippen molar-refractivity contribution in [3.63, 3.8) is 0 Å². The lowest BCUT2D eigenvalue weighted by atomic mass is 9.86. The summed E-state index contributed by atoms with van der Waals surface area (Å²) >= 11 is 0. The molecular weight excluding hydrogens is 542 g/mol. The summed E-state index contributed by atoms with van der Waals surface area (Å²) in [6.45, 7) is 0. The van der Waals surface area contributed by atoms with E-state index in [1.165, 1.54) is 89.7 Å². The van der Waals surface area contributed by atoms with Crippen LogP contribution in [0, 0.1) is 0 Å². The van der Waals surface area contributed by atoms with Gasteiger partial charge in [-0.05, 0) is 126 Å². The number of fused-ring (bicyclic) bond motifs is 7. The van der Waals surface area contributed by atoms with Gasteiger partial charge in [-0.2, -0.15) is 0 Å². The van der Waals surface area contributed by atoms with Gasteiger partial charge < -0.3 is 5.32 Å². The Kier molecular flexibility index (Phi) is 6.02. The van der Waals surface area contributed by atoms with Crippen molar-refractivity contribution in [2.45, 2.75) is 12.8 Å². The van der Waals surface area contributed by atoms with E-state index in [9.17, 15) is 0 Å². The number of rotatable bonds is 5. The molecule has 9 rings (SSSR count). The highest BCUT2D eigenvalue weighted by Gasteiger charge is 2.14. The van der Waals surface area contributed by atoms with E-state index in [0.29, 0.717) is 0 Å². The highest BCUT2D eigenvalue weighted by molar-refractivity contribution is 6.26. The molecule has 1 nitrogen and oxygen atoms in total. The molecule has 1 aliphatic carbocycles. The standard InChI is InChI=1S/C44H31N/c1-2-7-29(8-3-1)35-19-23-41-42-24-20-36(28-44(42)40-12-5-4-11-39(40)43(41)27-35)31-17-21-37(22-18-31)45-38-10-6-9-32(26-38)34-16-14-30-13-15-33(30)25-34/h1-12,14,16-28,45H,13,15H2. The Morgan fingerprint density at radius 2 is 0.800 bits per heavy atom. The van der Waals surface area contributed by atoms with Crippen LogP contribution in [0.1, 0.15) is 11.1 Å². The normalized spacial score (nSPS) is 12.3. The van der Waals surface area contributed by atoms with Gasteiger partial charge in [-0.1, -0.05) is 121 Å². The first-order valence-electron chi connectivity index (χ1n) is 15.8. The fraction of sp³-hybridized carbons (Fsp3) is 0.0455. The van der Waals surface area contributed by atoms with Gasteiger partial charge in [0.1, 0.15) is 0 Å². The van der Waals surface area contributed by atoms with Crippen LogP contribution < -0.4 is 5.32 Å². The van der Waals surface area contributed by atoms with Crippen molar-refractivity contribution in [2.75, 3.05) is 5.32 Å². The molecule has 8 aromatic rings. The number of hydrogen-bond acceptors (Lipinski definition) is 1. The molecule has 0 fully saturated rings. The molecule has 8 aromatic carbocycles. The quantitative estimate of drug-likeness (QED) is 0.202. The largest absolute Gasteiger partial charge is 0.356 e. The van der Waals surface area contributed by atoms with E-state index in [1.807, 2.05) is 0 Å². The average Bonchev–Trinajstić information content (AvgIpc) is 3.09. The summed E-state index contributed by atoms with van der Waals surface area (Å²) in [5, 5.41) is 11.4. The Labute approximate surface area is 263 Å². The predicted octanol–water partition coefficient (Wildman–Crippen LogP) is 12.0. The molecule has 0 aliphatic heterocycles. The van der Waals surface area contributed by atoms with Crippen LogP contribution in [-0.2, 0) is 12.8 Å². The number of nitrogens with one attached hydrogen (secondary N) is 1. The first kappa shape index (κ1) is 25.8. The molecule has 0 aromatic heterocycles. The van der Waals surface area contributed by atoms with Crippen molar-refractivity contribution in [3.05, 3.63) is 169 Å². The van der Waals surface area contributed by atoms with E-state index < -0.39 is 0 Å². The summed E-state index contributed by atoms with van der Waals surface area (Å²) in [5.74, 6) is 0. The van der Waals surface area contributed by atoms with Crippen LogP contribution in [0.5, 0.6) is 0 Å². The monoisotopic (exact) mass is 573 g/mol. The average molecular weight is 574 g/mol. The highest BCUT2D eigenvalue weighted by Crippen LogP contribution is 2.39. The first-order valence-corrected chi connectivity index (χ1v) is 15.8. The van der Waals surface area contributed by atoms with Gasteiger partial charge in [-0.3, -0.25) is 0 Å². The SMILES string of the molecule is c1ccc(-c2ccc3c4ccc(-c5ccc(Nc6cccc(-c7ccc8c(c7)CC8)c6)cc5)cc4c4ccccc4c3c2)cc1. The van der Waals surface area contributed by atoms with Crippen LogP contribution in [0.2, 0.25) is 0 Å². The van der Waals surface area contributed by atoms with Crippen LogP contribution in [0.4, 0.5) is 11.4 Å². The third-order valence-electron chi connectivity index (χ3n) is 9.52. The summed E-state index contributed by atoms with van der Waals surface area (Å²) in [7, 11) is 0. The van der Waals surface area contributed by atoms with E-state index in [1.54, 1.807) is 0 Å². The molecule has 0 saturated carbocycles. The minimum absolute atomic E-state index is 1.08. The molecule has 0 saturated heterocycles. The van der Waals surface area contributed by atoms with Crippen LogP contribution in [0.25, 0.3) is 65.7 Å². The van der Waals surface area contributed by atoms with Crippen molar-refractivity contribution >= 4 is 43.7 Å². The maximum absolute atomic E-state index is 3.62. The lowest BCUT2D eigenvalue weighted by Gasteiger charge is -2.19. The van der Waals surface area contributed by atoms with Gasteiger partial charge in [0.15, 0.2) is 0 Å². The molecule has 1 aliphatic rings. The molecular formula is C44H31N. The Bertz CT molecular complexity index is 2360. The maximum Gasteiger partial charge on any atom is 0.0390 e. The number of anilines is 2. The summed E-state index contributed by atoms with van der Waals surface area (Å²) in [4.78, 5) is 0. The molecule has 1 heteroatoms. The topological polar surface area (TPSA) is 12.0 Å². The maximum atomic E-state index is 3.62. The minimum Gasteiger partial charge on any atom is -0.356 e. The van der Waals surface area contributed by atoms with E-state index >= 15 is 0 Å². The summed E-state index contributed by atoms with van der Waals surface area (Å²) in [6, 6.07) is 57.7. The van der Waals surface area contributed by atoms with E-state index in [0.717, 1.165) is 11.4 Å². The van der Waals surface area contributed by atoms with Crippen molar-refractivity contribution in [3.8, 4) is 33.4 Å². The minimum atomic E-state index is 1.08. The van der Waals surface area contributed by atoms with Crippen molar-refractivity contribution in [1.29, 1.82) is 0 Å².